The molecule has 0 aliphatic heterocycles. The minimum atomic E-state index is -2.47. The maximum atomic E-state index is 9.71. The molecule has 0 unspecified atom stereocenters. The van der Waals surface area contributed by atoms with E-state index in [1.165, 1.54) is 19.3 Å². The lowest BCUT2D eigenvalue weighted by molar-refractivity contribution is 0.0790. The van der Waals surface area contributed by atoms with Crippen LogP contribution >= 0.6 is 17.2 Å². The summed E-state index contributed by atoms with van der Waals surface area (Å²) in [4.78, 5) is 19.4. The van der Waals surface area contributed by atoms with Crippen molar-refractivity contribution in [3.8, 4) is 17.2 Å². The summed E-state index contributed by atoms with van der Waals surface area (Å²) in [6.07, 6.45) is 6.53. The smallest absolute Gasteiger partial charge is 0.409 e. The van der Waals surface area contributed by atoms with Gasteiger partial charge in [0.15, 0.2) is 0 Å². The quantitative estimate of drug-likeness (QED) is 0.0750. The van der Waals surface area contributed by atoms with Crippen molar-refractivity contribution in [3.63, 3.8) is 0 Å². The zero-order valence-corrected chi connectivity index (χ0v) is 29.5. The monoisotopic (exact) mass is 684 g/mol. The molecule has 252 valence electrons. The number of hydrogen-bond acceptors (Lipinski definition) is 6. The fourth-order valence-corrected chi connectivity index (χ4v) is 6.77. The zero-order valence-electron chi connectivity index (χ0n) is 27.7. The molecule has 5 aromatic rings. The van der Waals surface area contributed by atoms with Gasteiger partial charge in [0.2, 0.25) is 0 Å². The van der Waals surface area contributed by atoms with E-state index in [0.717, 1.165) is 36.3 Å². The normalized spacial score (nSPS) is 11.2. The van der Waals surface area contributed by atoms with Crippen LogP contribution in [-0.4, -0.2) is 9.79 Å². The number of hydrogen-bond donors (Lipinski definition) is 2. The van der Waals surface area contributed by atoms with Gasteiger partial charge in [0, 0.05) is 0 Å². The Kier molecular flexibility index (Phi) is 15.9. The second-order valence-electron chi connectivity index (χ2n) is 11.7. The molecule has 0 saturated carbocycles. The number of rotatable bonds is 17. The van der Waals surface area contributed by atoms with Crippen molar-refractivity contribution in [2.24, 2.45) is 5.92 Å². The Hall–Kier alpha value is -3.76. The van der Waals surface area contributed by atoms with Gasteiger partial charge in [-0.25, -0.2) is 0 Å². The maximum Gasteiger partial charge on any atom is 0.530 e. The highest BCUT2D eigenvalue weighted by atomic mass is 31.2. The van der Waals surface area contributed by atoms with Crippen molar-refractivity contribution in [1.82, 2.24) is 0 Å². The Bertz CT molecular complexity index is 1390. The van der Waals surface area contributed by atoms with Crippen molar-refractivity contribution in [2.75, 3.05) is 0 Å². The second kappa shape index (κ2) is 20.6. The lowest BCUT2D eigenvalue weighted by Gasteiger charge is -2.35. The van der Waals surface area contributed by atoms with Crippen molar-refractivity contribution >= 4 is 17.2 Å². The van der Waals surface area contributed by atoms with Crippen LogP contribution in [0.4, 0.5) is 0 Å². The van der Waals surface area contributed by atoms with Crippen molar-refractivity contribution in [1.29, 1.82) is 0 Å². The van der Waals surface area contributed by atoms with Crippen LogP contribution in [0.1, 0.15) is 63.5 Å². The van der Waals surface area contributed by atoms with E-state index in [0.29, 0.717) is 17.2 Å². The molecule has 0 bridgehead atoms. The van der Waals surface area contributed by atoms with Crippen molar-refractivity contribution in [2.45, 2.75) is 58.0 Å². The predicted octanol–water partition coefficient (Wildman–Crippen LogP) is 11.6. The summed E-state index contributed by atoms with van der Waals surface area (Å²) < 4.78 is 23.4. The molecule has 0 saturated heterocycles. The molecule has 8 heteroatoms. The summed E-state index contributed by atoms with van der Waals surface area (Å²) in [6.45, 7) is 4.52. The predicted molar refractivity (Wildman–Crippen MR) is 197 cm³/mol. The molecular formula is C40H46O6P2. The van der Waals surface area contributed by atoms with Gasteiger partial charge in [-0.05, 0) is 66.3 Å². The largest absolute Gasteiger partial charge is 0.530 e. The van der Waals surface area contributed by atoms with Crippen molar-refractivity contribution < 1.29 is 27.9 Å². The van der Waals surface area contributed by atoms with E-state index in [1.807, 2.05) is 152 Å². The van der Waals surface area contributed by atoms with E-state index in [1.54, 1.807) is 0 Å². The minimum absolute atomic E-state index is 0.709. The van der Waals surface area contributed by atoms with Gasteiger partial charge in [-0.2, -0.15) is 0 Å². The SMILES string of the molecule is CC(C)CCCCCCC(OP(O)O)(c1ccccc1)c1ccccc1.c1ccc(OP(Oc2ccccc2)Oc2ccccc2)cc1. The van der Waals surface area contributed by atoms with Gasteiger partial charge in [0.25, 0.3) is 0 Å². The molecule has 48 heavy (non-hydrogen) atoms. The van der Waals surface area contributed by atoms with E-state index < -0.39 is 22.8 Å². The van der Waals surface area contributed by atoms with Crippen LogP contribution in [0.15, 0.2) is 152 Å². The summed E-state index contributed by atoms with van der Waals surface area (Å²) in [5.74, 6) is 2.87. The first-order valence-electron chi connectivity index (χ1n) is 16.4. The maximum absolute atomic E-state index is 9.71. The second-order valence-corrected chi connectivity index (χ2v) is 13.4. The van der Waals surface area contributed by atoms with Crippen LogP contribution in [0, 0.1) is 5.92 Å². The molecule has 0 radical (unpaired) electrons. The lowest BCUT2D eigenvalue weighted by Crippen LogP contribution is -2.29. The first-order chi connectivity index (χ1) is 23.4. The average molecular weight is 685 g/mol. The van der Waals surface area contributed by atoms with Crippen molar-refractivity contribution in [3.05, 3.63) is 163 Å². The third kappa shape index (κ3) is 12.7. The summed E-state index contributed by atoms with van der Waals surface area (Å²) in [6, 6.07) is 48.3. The molecular weight excluding hydrogens is 638 g/mol. The highest BCUT2D eigenvalue weighted by Crippen LogP contribution is 2.47. The molecule has 6 nitrogen and oxygen atoms in total. The fourth-order valence-electron chi connectivity index (χ4n) is 5.20. The minimum Gasteiger partial charge on any atom is -0.409 e. The Balaban J connectivity index is 0.000000219. The van der Waals surface area contributed by atoms with Gasteiger partial charge < -0.3 is 23.4 Å². The molecule has 0 heterocycles. The lowest BCUT2D eigenvalue weighted by atomic mass is 9.82. The third-order valence-electron chi connectivity index (χ3n) is 7.55. The molecule has 0 fully saturated rings. The van der Waals surface area contributed by atoms with E-state index in [4.69, 9.17) is 18.1 Å². The van der Waals surface area contributed by atoms with Crippen LogP contribution in [0.25, 0.3) is 0 Å². The number of para-hydroxylation sites is 3. The van der Waals surface area contributed by atoms with Gasteiger partial charge in [-0.15, -0.1) is 0 Å². The Morgan fingerprint density at radius 3 is 1.21 bits per heavy atom. The van der Waals surface area contributed by atoms with E-state index >= 15 is 0 Å². The fraction of sp³-hybridized carbons (Fsp3) is 0.250. The molecule has 0 aliphatic carbocycles. The average Bonchev–Trinajstić information content (AvgIpc) is 3.11. The number of unbranched alkanes of at least 4 members (excludes halogenated alkanes) is 3. The third-order valence-corrected chi connectivity index (χ3v) is 9.10. The van der Waals surface area contributed by atoms with E-state index in [2.05, 4.69) is 13.8 Å². The highest BCUT2D eigenvalue weighted by Gasteiger charge is 2.37. The number of benzene rings is 5. The van der Waals surface area contributed by atoms with Crippen LogP contribution < -0.4 is 13.6 Å². The molecule has 0 aliphatic rings. The van der Waals surface area contributed by atoms with Gasteiger partial charge in [-0.1, -0.05) is 155 Å². The summed E-state index contributed by atoms with van der Waals surface area (Å²) in [7, 11) is -4.06. The molecule has 5 aromatic carbocycles. The molecule has 0 aromatic heterocycles. The Morgan fingerprint density at radius 2 is 0.854 bits per heavy atom. The first kappa shape index (κ1) is 37.1. The summed E-state index contributed by atoms with van der Waals surface area (Å²) in [5, 5.41) is 0. The van der Waals surface area contributed by atoms with E-state index in [9.17, 15) is 9.79 Å². The first-order valence-corrected chi connectivity index (χ1v) is 18.7. The van der Waals surface area contributed by atoms with Gasteiger partial charge in [0.1, 0.15) is 22.8 Å². The van der Waals surface area contributed by atoms with Gasteiger partial charge in [-0.3, -0.25) is 4.52 Å². The van der Waals surface area contributed by atoms with Crippen LogP contribution in [-0.2, 0) is 10.1 Å². The molecule has 0 spiro atoms. The van der Waals surface area contributed by atoms with Crippen LogP contribution in [0.2, 0.25) is 0 Å². The topological polar surface area (TPSA) is 77.4 Å². The van der Waals surface area contributed by atoms with E-state index in [-0.39, 0.29) is 0 Å². The van der Waals surface area contributed by atoms with Gasteiger partial charge >= 0.3 is 17.2 Å². The standard InChI is InChI=1S/C22H31O3P.C18H15O3P/c1-19(2)13-7-3-4-12-18-22(25-26(23)24,20-14-8-5-9-15-20)21-16-10-6-11-17-21;1-4-10-16(11-5-1)19-22(20-17-12-6-2-7-13-17)21-18-14-8-3-9-15-18/h5-6,8-11,14-17,19,23-24H,3-4,7,12-13,18H2,1-2H3;1-15H. The molecule has 5 rings (SSSR count). The highest BCUT2D eigenvalue weighted by molar-refractivity contribution is 7.43. The Morgan fingerprint density at radius 1 is 0.500 bits per heavy atom. The Labute approximate surface area is 288 Å². The molecule has 0 atom stereocenters. The summed E-state index contributed by atoms with van der Waals surface area (Å²) >= 11 is 0. The van der Waals surface area contributed by atoms with Crippen LogP contribution in [0.5, 0.6) is 17.2 Å². The zero-order chi connectivity index (χ0) is 33.9. The van der Waals surface area contributed by atoms with Crippen LogP contribution in [0.3, 0.4) is 0 Å². The molecule has 0 amide bonds. The molecule has 2 N–H and O–H groups in total. The van der Waals surface area contributed by atoms with Gasteiger partial charge in [0.05, 0.1) is 0 Å². The summed E-state index contributed by atoms with van der Waals surface area (Å²) in [5.41, 5.74) is 1.10.